The zero-order chi connectivity index (χ0) is 8.39. The lowest BCUT2D eigenvalue weighted by molar-refractivity contribution is 0.836. The molecule has 0 aliphatic heterocycles. The van der Waals surface area contributed by atoms with Crippen LogP contribution in [0.4, 0.5) is 0 Å². The van der Waals surface area contributed by atoms with E-state index in [4.69, 9.17) is 0 Å². The van der Waals surface area contributed by atoms with E-state index in [1.165, 1.54) is 6.33 Å². The van der Waals surface area contributed by atoms with Gasteiger partial charge in [0, 0.05) is 13.2 Å². The highest BCUT2D eigenvalue weighted by Gasteiger charge is 2.03. The first-order chi connectivity index (χ1) is 5.88. The Morgan fingerprint density at radius 1 is 1.25 bits per heavy atom. The molecule has 0 aliphatic rings. The molecule has 0 aliphatic carbocycles. The van der Waals surface area contributed by atoms with Crippen molar-refractivity contribution in [2.24, 2.45) is 7.05 Å². The van der Waals surface area contributed by atoms with Crippen molar-refractivity contribution in [3.8, 4) is 11.5 Å². The van der Waals surface area contributed by atoms with Crippen molar-refractivity contribution in [2.45, 2.75) is 0 Å². The minimum absolute atomic E-state index is 0.546. The van der Waals surface area contributed by atoms with Crippen LogP contribution in [-0.2, 0) is 7.05 Å². The summed E-state index contributed by atoms with van der Waals surface area (Å²) >= 11 is 0. The van der Waals surface area contributed by atoms with Gasteiger partial charge in [0.15, 0.2) is 6.33 Å². The van der Waals surface area contributed by atoms with E-state index >= 15 is 0 Å². The lowest BCUT2D eigenvalue weighted by Gasteiger charge is -1.97. The SMILES string of the molecule is Cn1cccc1-c1nncnn1. The monoisotopic (exact) mass is 161 g/mol. The van der Waals surface area contributed by atoms with Gasteiger partial charge in [-0.25, -0.2) is 0 Å². The lowest BCUT2D eigenvalue weighted by atomic mass is 10.4. The molecule has 2 rings (SSSR count). The zero-order valence-corrected chi connectivity index (χ0v) is 6.55. The van der Waals surface area contributed by atoms with E-state index in [1.807, 2.05) is 29.9 Å². The Labute approximate surface area is 69.1 Å². The minimum Gasteiger partial charge on any atom is -0.348 e. The van der Waals surface area contributed by atoms with Gasteiger partial charge in [0.1, 0.15) is 0 Å². The minimum atomic E-state index is 0.546. The van der Waals surface area contributed by atoms with Crippen molar-refractivity contribution in [3.05, 3.63) is 24.7 Å². The first-order valence-corrected chi connectivity index (χ1v) is 3.50. The van der Waals surface area contributed by atoms with Gasteiger partial charge in [0.2, 0.25) is 5.82 Å². The summed E-state index contributed by atoms with van der Waals surface area (Å²) in [5.74, 6) is 0.546. The molecule has 2 heterocycles. The van der Waals surface area contributed by atoms with Crippen molar-refractivity contribution in [1.29, 1.82) is 0 Å². The molecule has 0 saturated carbocycles. The van der Waals surface area contributed by atoms with E-state index in [0.29, 0.717) is 5.82 Å². The second-order valence-electron chi connectivity index (χ2n) is 2.37. The normalized spacial score (nSPS) is 10.1. The largest absolute Gasteiger partial charge is 0.348 e. The summed E-state index contributed by atoms with van der Waals surface area (Å²) in [5, 5.41) is 15.0. The fourth-order valence-electron chi connectivity index (χ4n) is 1.000. The van der Waals surface area contributed by atoms with Gasteiger partial charge in [0.05, 0.1) is 5.69 Å². The van der Waals surface area contributed by atoms with Crippen molar-refractivity contribution in [3.63, 3.8) is 0 Å². The number of aryl methyl sites for hydroxylation is 1. The predicted octanol–water partition coefficient (Wildman–Crippen LogP) is 0.272. The average molecular weight is 161 g/mol. The van der Waals surface area contributed by atoms with Crippen LogP contribution in [0.5, 0.6) is 0 Å². The quantitative estimate of drug-likeness (QED) is 0.602. The van der Waals surface area contributed by atoms with E-state index in [1.54, 1.807) is 0 Å². The molecular weight excluding hydrogens is 154 g/mol. The highest BCUT2D eigenvalue weighted by molar-refractivity contribution is 5.48. The van der Waals surface area contributed by atoms with E-state index in [9.17, 15) is 0 Å². The maximum Gasteiger partial charge on any atom is 0.219 e. The van der Waals surface area contributed by atoms with Gasteiger partial charge >= 0.3 is 0 Å². The lowest BCUT2D eigenvalue weighted by Crippen LogP contribution is -1.97. The molecule has 0 atom stereocenters. The molecule has 0 N–H and O–H groups in total. The van der Waals surface area contributed by atoms with Crippen LogP contribution in [0, 0.1) is 0 Å². The van der Waals surface area contributed by atoms with Crippen LogP contribution in [0.25, 0.3) is 11.5 Å². The Hall–Kier alpha value is -1.78. The molecule has 0 fully saturated rings. The summed E-state index contributed by atoms with van der Waals surface area (Å²) in [5.41, 5.74) is 0.913. The summed E-state index contributed by atoms with van der Waals surface area (Å²) in [6.45, 7) is 0. The standard InChI is InChI=1S/C7H7N5/c1-12-4-2-3-6(12)7-10-8-5-9-11-7/h2-5H,1H3. The molecule has 0 spiro atoms. The molecule has 0 radical (unpaired) electrons. The van der Waals surface area contributed by atoms with E-state index in [2.05, 4.69) is 20.4 Å². The Morgan fingerprint density at radius 3 is 2.58 bits per heavy atom. The van der Waals surface area contributed by atoms with Gasteiger partial charge in [-0.15, -0.1) is 20.4 Å². The van der Waals surface area contributed by atoms with Crippen LogP contribution in [0.1, 0.15) is 0 Å². The molecule has 60 valence electrons. The van der Waals surface area contributed by atoms with Crippen molar-refractivity contribution in [2.75, 3.05) is 0 Å². The van der Waals surface area contributed by atoms with Gasteiger partial charge in [-0.05, 0) is 12.1 Å². The van der Waals surface area contributed by atoms with E-state index < -0.39 is 0 Å². The summed E-state index contributed by atoms with van der Waals surface area (Å²) in [6.07, 6.45) is 3.23. The van der Waals surface area contributed by atoms with Crippen LogP contribution in [-0.4, -0.2) is 25.0 Å². The second kappa shape index (κ2) is 2.69. The Kier molecular flexibility index (Phi) is 1.55. The molecular formula is C7H7N5. The van der Waals surface area contributed by atoms with Gasteiger partial charge in [0.25, 0.3) is 0 Å². The molecule has 5 nitrogen and oxygen atoms in total. The zero-order valence-electron chi connectivity index (χ0n) is 6.55. The van der Waals surface area contributed by atoms with Crippen LogP contribution >= 0.6 is 0 Å². The fraction of sp³-hybridized carbons (Fsp3) is 0.143. The number of hydrogen-bond donors (Lipinski definition) is 0. The highest BCUT2D eigenvalue weighted by atomic mass is 15.3. The molecule has 2 aromatic heterocycles. The third-order valence-corrected chi connectivity index (χ3v) is 1.58. The fourth-order valence-corrected chi connectivity index (χ4v) is 1.000. The van der Waals surface area contributed by atoms with Crippen molar-refractivity contribution in [1.82, 2.24) is 25.0 Å². The number of hydrogen-bond acceptors (Lipinski definition) is 4. The third kappa shape index (κ3) is 1.05. The Balaban J connectivity index is 2.51. The predicted molar refractivity (Wildman–Crippen MR) is 42.0 cm³/mol. The molecule has 0 amide bonds. The van der Waals surface area contributed by atoms with Gasteiger partial charge in [-0.3, -0.25) is 0 Å². The van der Waals surface area contributed by atoms with Gasteiger partial charge < -0.3 is 4.57 Å². The number of aromatic nitrogens is 5. The summed E-state index contributed by atoms with van der Waals surface area (Å²) < 4.78 is 1.92. The molecule has 0 unspecified atom stereocenters. The molecule has 5 heteroatoms. The first kappa shape index (κ1) is 6.90. The summed E-state index contributed by atoms with van der Waals surface area (Å²) in [6, 6.07) is 3.84. The van der Waals surface area contributed by atoms with Crippen LogP contribution in [0.3, 0.4) is 0 Å². The van der Waals surface area contributed by atoms with E-state index in [0.717, 1.165) is 5.69 Å². The second-order valence-corrected chi connectivity index (χ2v) is 2.37. The molecule has 0 saturated heterocycles. The summed E-state index contributed by atoms with van der Waals surface area (Å²) in [4.78, 5) is 0. The van der Waals surface area contributed by atoms with Gasteiger partial charge in [-0.2, -0.15) is 0 Å². The molecule has 0 bridgehead atoms. The summed E-state index contributed by atoms with van der Waals surface area (Å²) in [7, 11) is 1.92. The molecule has 0 aromatic carbocycles. The van der Waals surface area contributed by atoms with Crippen LogP contribution in [0.2, 0.25) is 0 Å². The van der Waals surface area contributed by atoms with Crippen molar-refractivity contribution < 1.29 is 0 Å². The number of nitrogens with zero attached hydrogens (tertiary/aromatic N) is 5. The smallest absolute Gasteiger partial charge is 0.219 e. The van der Waals surface area contributed by atoms with Crippen LogP contribution in [0.15, 0.2) is 24.7 Å². The van der Waals surface area contributed by atoms with Crippen molar-refractivity contribution >= 4 is 0 Å². The molecule has 12 heavy (non-hydrogen) atoms. The number of rotatable bonds is 1. The maximum absolute atomic E-state index is 3.84. The molecule has 2 aromatic rings. The topological polar surface area (TPSA) is 56.5 Å². The highest BCUT2D eigenvalue weighted by Crippen LogP contribution is 2.10. The first-order valence-electron chi connectivity index (χ1n) is 3.50. The Morgan fingerprint density at radius 2 is 2.00 bits per heavy atom. The van der Waals surface area contributed by atoms with E-state index in [-0.39, 0.29) is 0 Å². The Bertz CT molecular complexity index is 366. The van der Waals surface area contributed by atoms with Gasteiger partial charge in [-0.1, -0.05) is 0 Å². The maximum atomic E-state index is 3.84. The van der Waals surface area contributed by atoms with Crippen LogP contribution < -0.4 is 0 Å². The average Bonchev–Trinajstić information content (AvgIpc) is 2.53. The third-order valence-electron chi connectivity index (χ3n) is 1.58.